The van der Waals surface area contributed by atoms with Crippen molar-refractivity contribution >= 4 is 55.3 Å². The fourth-order valence-corrected chi connectivity index (χ4v) is 5.93. The number of aromatic nitrogens is 5. The molecule has 6 heteroatoms. The van der Waals surface area contributed by atoms with Crippen LogP contribution in [0, 0.1) is 0 Å². The molecule has 0 unspecified atom stereocenters. The molecule has 0 N–H and O–H groups in total. The quantitative estimate of drug-likeness (QED) is 0.220. The summed E-state index contributed by atoms with van der Waals surface area (Å²) in [5, 5.41) is 4.13. The summed E-state index contributed by atoms with van der Waals surface area (Å²) in [7, 11) is 0. The van der Waals surface area contributed by atoms with Crippen molar-refractivity contribution in [3.8, 4) is 33.9 Å². The molecule has 0 aliphatic rings. The fourth-order valence-electron chi connectivity index (χ4n) is 5.36. The van der Waals surface area contributed by atoms with E-state index < -0.39 is 0 Å². The molecule has 0 atom stereocenters. The van der Waals surface area contributed by atoms with E-state index in [9.17, 15) is 0 Å². The summed E-state index contributed by atoms with van der Waals surface area (Å²) < 4.78 is 9.58. The molecule has 5 nitrogen and oxygen atoms in total. The first-order valence-electron chi connectivity index (χ1n) is 12.7. The number of rotatable bonds is 3. The maximum atomic E-state index is 5.15. The standard InChI is InChI=1S/C33H19N5S/c1-3-11-20(12-4-1)29-23-16-8-10-18-27(23)35-33(36-29)25-19-24-28(32-31(25)37-39-38-32)22-15-7-9-17-26(22)34-30(24)21-13-5-2-6-14-21/h1-19H. The Balaban J connectivity index is 1.51. The number of pyridine rings is 1. The van der Waals surface area contributed by atoms with Crippen LogP contribution < -0.4 is 0 Å². The molecule has 0 aliphatic carbocycles. The lowest BCUT2D eigenvalue weighted by molar-refractivity contribution is 1.23. The van der Waals surface area contributed by atoms with Gasteiger partial charge in [-0.05, 0) is 18.2 Å². The minimum atomic E-state index is 0.624. The number of benzene rings is 5. The molecule has 3 heterocycles. The number of para-hydroxylation sites is 2. The normalized spacial score (nSPS) is 11.6. The Kier molecular flexibility index (Phi) is 4.93. The summed E-state index contributed by atoms with van der Waals surface area (Å²) in [5.74, 6) is 0.624. The van der Waals surface area contributed by atoms with Gasteiger partial charge in [-0.1, -0.05) is 97.1 Å². The zero-order valence-electron chi connectivity index (χ0n) is 20.6. The molecule has 8 aromatic rings. The van der Waals surface area contributed by atoms with Crippen LogP contribution in [0.3, 0.4) is 0 Å². The molecule has 0 aliphatic heterocycles. The van der Waals surface area contributed by atoms with Crippen LogP contribution in [-0.2, 0) is 0 Å². The zero-order valence-corrected chi connectivity index (χ0v) is 21.4. The first-order chi connectivity index (χ1) is 19.3. The van der Waals surface area contributed by atoms with Gasteiger partial charge >= 0.3 is 0 Å². The Bertz CT molecular complexity index is 2170. The van der Waals surface area contributed by atoms with Gasteiger partial charge in [0.1, 0.15) is 11.0 Å². The van der Waals surface area contributed by atoms with E-state index in [-0.39, 0.29) is 0 Å². The van der Waals surface area contributed by atoms with Gasteiger partial charge < -0.3 is 0 Å². The van der Waals surface area contributed by atoms with Crippen LogP contribution in [0.5, 0.6) is 0 Å². The SMILES string of the molecule is c1ccc(-c2nc(-c3cc4c(-c5ccccc5)nc5ccccc5c4c4nsnc34)nc3ccccc23)cc1. The van der Waals surface area contributed by atoms with Crippen LogP contribution in [0.1, 0.15) is 0 Å². The topological polar surface area (TPSA) is 64.5 Å². The molecule has 0 saturated carbocycles. The van der Waals surface area contributed by atoms with Crippen LogP contribution >= 0.6 is 11.7 Å². The van der Waals surface area contributed by atoms with E-state index in [1.165, 1.54) is 11.7 Å². The Morgan fingerprint density at radius 1 is 0.462 bits per heavy atom. The molecule has 8 rings (SSSR count). The maximum Gasteiger partial charge on any atom is 0.162 e. The van der Waals surface area contributed by atoms with Crippen molar-refractivity contribution in [2.45, 2.75) is 0 Å². The smallest absolute Gasteiger partial charge is 0.162 e. The largest absolute Gasteiger partial charge is 0.247 e. The van der Waals surface area contributed by atoms with Gasteiger partial charge in [0.05, 0.1) is 34.1 Å². The second-order valence-electron chi connectivity index (χ2n) is 9.43. The highest BCUT2D eigenvalue weighted by Gasteiger charge is 2.21. The second kappa shape index (κ2) is 8.75. The Morgan fingerprint density at radius 3 is 1.74 bits per heavy atom. The van der Waals surface area contributed by atoms with E-state index in [1.54, 1.807) is 0 Å². The van der Waals surface area contributed by atoms with E-state index in [1.807, 2.05) is 66.7 Å². The third kappa shape index (κ3) is 3.50. The summed E-state index contributed by atoms with van der Waals surface area (Å²) >= 11 is 1.22. The predicted molar refractivity (Wildman–Crippen MR) is 160 cm³/mol. The average molecular weight is 518 g/mol. The number of fused-ring (bicyclic) bond motifs is 6. The Morgan fingerprint density at radius 2 is 1.03 bits per heavy atom. The summed E-state index contributed by atoms with van der Waals surface area (Å²) in [6, 6.07) is 39.1. The van der Waals surface area contributed by atoms with Crippen LogP contribution in [-0.4, -0.2) is 23.7 Å². The van der Waals surface area contributed by atoms with E-state index in [4.69, 9.17) is 23.7 Å². The van der Waals surface area contributed by atoms with Gasteiger partial charge in [0.15, 0.2) is 5.82 Å². The van der Waals surface area contributed by atoms with Crippen LogP contribution in [0.2, 0.25) is 0 Å². The number of hydrogen-bond acceptors (Lipinski definition) is 6. The maximum absolute atomic E-state index is 5.15. The number of nitrogens with zero attached hydrogens (tertiary/aromatic N) is 5. The third-order valence-electron chi connectivity index (χ3n) is 7.14. The van der Waals surface area contributed by atoms with Gasteiger partial charge in [0.2, 0.25) is 0 Å². The van der Waals surface area contributed by atoms with Crippen molar-refractivity contribution in [1.82, 2.24) is 23.7 Å². The molecule has 0 bridgehead atoms. The highest BCUT2D eigenvalue weighted by Crippen LogP contribution is 2.41. The second-order valence-corrected chi connectivity index (χ2v) is 9.96. The molecule has 0 fully saturated rings. The lowest BCUT2D eigenvalue weighted by Crippen LogP contribution is -1.97. The molecule has 39 heavy (non-hydrogen) atoms. The molecule has 5 aromatic carbocycles. The van der Waals surface area contributed by atoms with E-state index >= 15 is 0 Å². The summed E-state index contributed by atoms with van der Waals surface area (Å²) in [4.78, 5) is 15.3. The van der Waals surface area contributed by atoms with Crippen molar-refractivity contribution in [3.63, 3.8) is 0 Å². The first kappa shape index (κ1) is 22.0. The highest BCUT2D eigenvalue weighted by atomic mass is 32.1. The highest BCUT2D eigenvalue weighted by molar-refractivity contribution is 7.00. The minimum Gasteiger partial charge on any atom is -0.247 e. The van der Waals surface area contributed by atoms with Gasteiger partial charge in [-0.15, -0.1) is 0 Å². The summed E-state index contributed by atoms with van der Waals surface area (Å²) in [6.07, 6.45) is 0. The fraction of sp³-hybridized carbons (Fsp3) is 0. The lowest BCUT2D eigenvalue weighted by Gasteiger charge is -2.13. The minimum absolute atomic E-state index is 0.624. The molecule has 0 spiro atoms. The van der Waals surface area contributed by atoms with Crippen LogP contribution in [0.15, 0.2) is 115 Å². The van der Waals surface area contributed by atoms with E-state index in [0.717, 1.165) is 71.7 Å². The zero-order chi connectivity index (χ0) is 25.8. The first-order valence-corrected chi connectivity index (χ1v) is 13.4. The molecular weight excluding hydrogens is 498 g/mol. The summed E-state index contributed by atoms with van der Waals surface area (Å²) in [5.41, 5.74) is 8.21. The summed E-state index contributed by atoms with van der Waals surface area (Å²) in [6.45, 7) is 0. The van der Waals surface area contributed by atoms with Gasteiger partial charge in [-0.25, -0.2) is 15.0 Å². The van der Waals surface area contributed by atoms with Gasteiger partial charge in [0, 0.05) is 38.2 Å². The molecule has 0 radical (unpaired) electrons. The van der Waals surface area contributed by atoms with Gasteiger partial charge in [0.25, 0.3) is 0 Å². The molecule has 0 amide bonds. The van der Waals surface area contributed by atoms with Crippen molar-refractivity contribution < 1.29 is 0 Å². The van der Waals surface area contributed by atoms with Crippen molar-refractivity contribution in [3.05, 3.63) is 115 Å². The van der Waals surface area contributed by atoms with Gasteiger partial charge in [-0.3, -0.25) is 0 Å². The lowest BCUT2D eigenvalue weighted by atomic mass is 9.96. The third-order valence-corrected chi connectivity index (χ3v) is 7.67. The molecule has 182 valence electrons. The Labute approximate surface area is 227 Å². The van der Waals surface area contributed by atoms with Crippen molar-refractivity contribution in [2.24, 2.45) is 0 Å². The van der Waals surface area contributed by atoms with Crippen LogP contribution in [0.4, 0.5) is 0 Å². The Hall–Kier alpha value is -5.07. The van der Waals surface area contributed by atoms with Crippen molar-refractivity contribution in [1.29, 1.82) is 0 Å². The van der Waals surface area contributed by atoms with E-state index in [0.29, 0.717) is 5.82 Å². The van der Waals surface area contributed by atoms with E-state index in [2.05, 4.69) is 48.5 Å². The van der Waals surface area contributed by atoms with Gasteiger partial charge in [-0.2, -0.15) is 8.75 Å². The predicted octanol–water partition coefficient (Wildman–Crippen LogP) is 8.34. The van der Waals surface area contributed by atoms with Crippen LogP contribution in [0.25, 0.3) is 77.5 Å². The number of hydrogen-bond donors (Lipinski definition) is 0. The molecule has 3 aromatic heterocycles. The average Bonchev–Trinajstić information content (AvgIpc) is 3.50. The van der Waals surface area contributed by atoms with Crippen molar-refractivity contribution in [2.75, 3.05) is 0 Å². The molecule has 0 saturated heterocycles. The monoisotopic (exact) mass is 517 g/mol. The molecular formula is C33H19N5S.